The molecule has 0 fully saturated rings. The zero-order chi connectivity index (χ0) is 36.0. The SMILES string of the molecule is CC(C)(C)[Si](O)(C(C)(C)C)C(C)(C)C.CC(C)(C)[Si](O)(C(C)(C)C)C(C)(C)C.CC(C)(C)[Si](O)(C(C)(C)C)C(C)(C)C.[Ta]. The summed E-state index contributed by atoms with van der Waals surface area (Å²) < 4.78 is 0. The van der Waals surface area contributed by atoms with Crippen LogP contribution in [0.2, 0.25) is 45.3 Å². The monoisotopic (exact) mass is 830 g/mol. The quantitative estimate of drug-likeness (QED) is 0.213. The molecule has 0 aliphatic rings. The van der Waals surface area contributed by atoms with Crippen LogP contribution in [-0.4, -0.2) is 39.3 Å². The first kappa shape index (κ1) is 51.1. The van der Waals surface area contributed by atoms with E-state index in [0.717, 1.165) is 0 Å². The molecule has 7 heteroatoms. The summed E-state index contributed by atoms with van der Waals surface area (Å²) in [4.78, 5) is 33.5. The van der Waals surface area contributed by atoms with Gasteiger partial charge in [0.2, 0.25) is 25.0 Å². The molecule has 0 amide bonds. The van der Waals surface area contributed by atoms with Crippen molar-refractivity contribution in [3.8, 4) is 0 Å². The van der Waals surface area contributed by atoms with Crippen molar-refractivity contribution in [2.24, 2.45) is 0 Å². The maximum absolute atomic E-state index is 11.2. The van der Waals surface area contributed by atoms with Crippen molar-refractivity contribution in [3.05, 3.63) is 0 Å². The Bertz CT molecular complexity index is 612. The fourth-order valence-corrected chi connectivity index (χ4v) is 30.4. The smallest absolute Gasteiger partial charge is 0.204 e. The van der Waals surface area contributed by atoms with Crippen LogP contribution in [0.15, 0.2) is 0 Å². The molecule has 0 atom stereocenters. The molecule has 3 nitrogen and oxygen atoms in total. The summed E-state index contributed by atoms with van der Waals surface area (Å²) in [5.74, 6) is 0. The number of hydrogen-bond donors (Lipinski definition) is 3. The van der Waals surface area contributed by atoms with Crippen LogP contribution in [0.25, 0.3) is 0 Å². The third-order valence-corrected chi connectivity index (χ3v) is 29.3. The molecule has 0 saturated carbocycles. The minimum Gasteiger partial charge on any atom is -0.430 e. The van der Waals surface area contributed by atoms with Crippen LogP contribution in [0.5, 0.6) is 0 Å². The summed E-state index contributed by atoms with van der Waals surface area (Å²) in [6.07, 6.45) is 0. The van der Waals surface area contributed by atoms with Gasteiger partial charge in [0.25, 0.3) is 0 Å². The molecule has 0 aromatic carbocycles. The van der Waals surface area contributed by atoms with Crippen molar-refractivity contribution in [1.82, 2.24) is 0 Å². The van der Waals surface area contributed by atoms with Gasteiger partial charge < -0.3 is 14.4 Å². The molecule has 43 heavy (non-hydrogen) atoms. The zero-order valence-electron chi connectivity index (χ0n) is 34.8. The van der Waals surface area contributed by atoms with Crippen LogP contribution in [0.1, 0.15) is 187 Å². The van der Waals surface area contributed by atoms with Gasteiger partial charge in [0, 0.05) is 22.4 Å². The molecule has 0 spiro atoms. The predicted octanol–water partition coefficient (Wildman–Crippen LogP) is 13.0. The molecule has 0 bridgehead atoms. The summed E-state index contributed by atoms with van der Waals surface area (Å²) in [6.45, 7) is 58.8. The van der Waals surface area contributed by atoms with E-state index in [0.29, 0.717) is 0 Å². The van der Waals surface area contributed by atoms with Crippen molar-refractivity contribution < 1.29 is 36.8 Å². The molecule has 1 radical (unpaired) electrons. The Kier molecular flexibility index (Phi) is 17.1. The topological polar surface area (TPSA) is 60.7 Å². The first-order valence-electron chi connectivity index (χ1n) is 16.4. The second-order valence-electron chi connectivity index (χ2n) is 22.4. The Morgan fingerprint density at radius 2 is 0.256 bits per heavy atom. The van der Waals surface area contributed by atoms with Crippen LogP contribution in [0.3, 0.4) is 0 Å². The third kappa shape index (κ3) is 10.9. The largest absolute Gasteiger partial charge is 0.430 e. The fraction of sp³-hybridized carbons (Fsp3) is 1.00. The molecule has 0 aromatic heterocycles. The van der Waals surface area contributed by atoms with Crippen molar-refractivity contribution in [3.63, 3.8) is 0 Å². The van der Waals surface area contributed by atoms with E-state index in [1.807, 2.05) is 0 Å². The van der Waals surface area contributed by atoms with E-state index in [9.17, 15) is 14.4 Å². The van der Waals surface area contributed by atoms with E-state index in [4.69, 9.17) is 0 Å². The molecular formula is C36H84O3Si3Ta. The molecule has 0 heterocycles. The molecule has 0 rings (SSSR count). The molecule has 0 aliphatic carbocycles. The van der Waals surface area contributed by atoms with Gasteiger partial charge in [0.05, 0.1) is 0 Å². The van der Waals surface area contributed by atoms with Crippen LogP contribution in [0.4, 0.5) is 0 Å². The Morgan fingerprint density at radius 1 is 0.209 bits per heavy atom. The van der Waals surface area contributed by atoms with E-state index in [-0.39, 0.29) is 67.7 Å². The van der Waals surface area contributed by atoms with Gasteiger partial charge in [-0.15, -0.1) is 0 Å². The molecule has 3 N–H and O–H groups in total. The average molecular weight is 830 g/mol. The van der Waals surface area contributed by atoms with Gasteiger partial charge in [-0.05, 0) is 45.3 Å². The summed E-state index contributed by atoms with van der Waals surface area (Å²) in [7, 11) is -7.06. The summed E-state index contributed by atoms with van der Waals surface area (Å²) in [6, 6.07) is 0. The van der Waals surface area contributed by atoms with Gasteiger partial charge in [-0.1, -0.05) is 187 Å². The van der Waals surface area contributed by atoms with E-state index in [1.54, 1.807) is 0 Å². The Labute approximate surface area is 292 Å². The number of hydrogen-bond acceptors (Lipinski definition) is 3. The van der Waals surface area contributed by atoms with Crippen molar-refractivity contribution in [1.29, 1.82) is 0 Å². The molecule has 0 aromatic rings. The fourth-order valence-electron chi connectivity index (χ4n) is 10.1. The van der Waals surface area contributed by atoms with Gasteiger partial charge in [-0.25, -0.2) is 0 Å². The summed E-state index contributed by atoms with van der Waals surface area (Å²) >= 11 is 0. The molecule has 0 aliphatic heterocycles. The maximum Gasteiger partial charge on any atom is 0.204 e. The van der Waals surface area contributed by atoms with Crippen molar-refractivity contribution in [2.45, 2.75) is 232 Å². The van der Waals surface area contributed by atoms with Crippen LogP contribution in [0, 0.1) is 0 Å². The molecule has 0 unspecified atom stereocenters. The van der Waals surface area contributed by atoms with Gasteiger partial charge in [-0.2, -0.15) is 0 Å². The van der Waals surface area contributed by atoms with Crippen LogP contribution >= 0.6 is 0 Å². The van der Waals surface area contributed by atoms with E-state index in [2.05, 4.69) is 187 Å². The average Bonchev–Trinajstić information content (AvgIpc) is 2.58. The Hall–Kier alpha value is 1.27. The van der Waals surface area contributed by atoms with Gasteiger partial charge >= 0.3 is 0 Å². The number of rotatable bonds is 0. The van der Waals surface area contributed by atoms with Crippen molar-refractivity contribution in [2.75, 3.05) is 0 Å². The standard InChI is InChI=1S/3C12H28OSi.Ta/c3*1-10(2,3)14(13,11(4,5)6)12(7,8)9;/h3*13H,1-9H3;. The van der Waals surface area contributed by atoms with Crippen molar-refractivity contribution >= 4 is 25.0 Å². The minimum atomic E-state index is -2.35. The van der Waals surface area contributed by atoms with Gasteiger partial charge in [0.15, 0.2) is 0 Å². The first-order valence-corrected chi connectivity index (χ1v) is 22.3. The molecular weight excluding hydrogens is 746 g/mol. The molecule has 0 saturated heterocycles. The van der Waals surface area contributed by atoms with Crippen LogP contribution < -0.4 is 0 Å². The summed E-state index contributed by atoms with van der Waals surface area (Å²) in [5.41, 5.74) is 0. The van der Waals surface area contributed by atoms with Gasteiger partial charge in [-0.3, -0.25) is 0 Å². The Morgan fingerprint density at radius 3 is 0.256 bits per heavy atom. The maximum atomic E-state index is 11.2. The molecule has 263 valence electrons. The van der Waals surface area contributed by atoms with E-state index in [1.165, 1.54) is 0 Å². The van der Waals surface area contributed by atoms with E-state index < -0.39 is 25.0 Å². The second-order valence-corrected chi connectivity index (χ2v) is 40.1. The van der Waals surface area contributed by atoms with E-state index >= 15 is 0 Å². The zero-order valence-corrected chi connectivity index (χ0v) is 41.0. The van der Waals surface area contributed by atoms with Crippen LogP contribution in [-0.2, 0) is 22.4 Å². The first-order chi connectivity index (χ1) is 17.2. The normalized spacial score (nSPS) is 15.5. The second kappa shape index (κ2) is 14.4. The third-order valence-electron chi connectivity index (χ3n) is 9.77. The Balaban J connectivity index is -0.000000262. The van der Waals surface area contributed by atoms with Gasteiger partial charge in [0.1, 0.15) is 0 Å². The predicted molar refractivity (Wildman–Crippen MR) is 201 cm³/mol. The summed E-state index contributed by atoms with van der Waals surface area (Å²) in [5, 5.41) is 0.156. The minimum absolute atomic E-state index is 0.